The molecule has 1 aromatic carbocycles. The van der Waals surface area contributed by atoms with Gasteiger partial charge >= 0.3 is 7.73 Å². The van der Waals surface area contributed by atoms with E-state index in [0.717, 1.165) is 11.5 Å². The molecule has 0 radical (unpaired) electrons. The molecule has 0 atom stereocenters. The monoisotopic (exact) mass is 202 g/mol. The van der Waals surface area contributed by atoms with Gasteiger partial charge in [-0.15, -0.1) is 0 Å². The molecule has 0 fully saturated rings. The summed E-state index contributed by atoms with van der Waals surface area (Å²) in [5.74, 6) is 1.53. The molecule has 0 amide bonds. The van der Waals surface area contributed by atoms with Crippen LogP contribution in [0, 0.1) is 13.8 Å². The molecular weight excluding hydrogens is 195 g/mol. The van der Waals surface area contributed by atoms with Crippen LogP contribution < -0.4 is 9.05 Å². The van der Waals surface area contributed by atoms with E-state index in [4.69, 9.17) is 20.3 Å². The molecule has 2 rings (SSSR count). The summed E-state index contributed by atoms with van der Waals surface area (Å²) in [5.41, 5.74) is 2.39. The predicted octanol–water partition coefficient (Wildman–Crippen LogP) is 3.54. The molecule has 0 saturated carbocycles. The Balaban J connectivity index is 2.48. The maximum Gasteiger partial charge on any atom is 0.401 e. The quantitative estimate of drug-likeness (QED) is 0.599. The molecule has 0 unspecified atom stereocenters. The van der Waals surface area contributed by atoms with Crippen molar-refractivity contribution in [3.8, 4) is 11.5 Å². The number of halogens is 1. The number of hydrogen-bond donors (Lipinski definition) is 0. The summed E-state index contributed by atoms with van der Waals surface area (Å²) in [6.07, 6.45) is 0. The smallest absolute Gasteiger partial charge is 0.401 e. The maximum absolute atomic E-state index is 5.70. The van der Waals surface area contributed by atoms with Crippen LogP contribution in [0.5, 0.6) is 11.5 Å². The molecule has 0 saturated heterocycles. The molecule has 4 heteroatoms. The van der Waals surface area contributed by atoms with Gasteiger partial charge in [0.25, 0.3) is 0 Å². The van der Waals surface area contributed by atoms with Crippen molar-refractivity contribution in [3.05, 3.63) is 23.3 Å². The normalized spacial score (nSPS) is 15.2. The Morgan fingerprint density at radius 1 is 1.08 bits per heavy atom. The number of rotatable bonds is 0. The number of benzene rings is 1. The Kier molecular flexibility index (Phi) is 1.90. The van der Waals surface area contributed by atoms with E-state index < -0.39 is 7.73 Å². The first kappa shape index (κ1) is 8.15. The molecule has 12 heavy (non-hydrogen) atoms. The second kappa shape index (κ2) is 2.79. The van der Waals surface area contributed by atoms with Crippen LogP contribution in [0.1, 0.15) is 11.1 Å². The van der Waals surface area contributed by atoms with E-state index >= 15 is 0 Å². The van der Waals surface area contributed by atoms with Crippen molar-refractivity contribution in [3.63, 3.8) is 0 Å². The van der Waals surface area contributed by atoms with Crippen LogP contribution in [0.3, 0.4) is 0 Å². The number of fused-ring (bicyclic) bond motifs is 1. The van der Waals surface area contributed by atoms with Crippen molar-refractivity contribution in [2.75, 3.05) is 0 Å². The van der Waals surface area contributed by atoms with Gasteiger partial charge in [-0.25, -0.2) is 0 Å². The van der Waals surface area contributed by atoms with Gasteiger partial charge in [0.1, 0.15) is 0 Å². The highest BCUT2D eigenvalue weighted by atomic mass is 35.7. The van der Waals surface area contributed by atoms with Gasteiger partial charge in [-0.3, -0.25) is 0 Å². The molecule has 2 nitrogen and oxygen atoms in total. The molecule has 1 aliphatic rings. The van der Waals surface area contributed by atoms with Crippen LogP contribution in [0.4, 0.5) is 0 Å². The van der Waals surface area contributed by atoms with Gasteiger partial charge in [0.15, 0.2) is 11.5 Å². The summed E-state index contributed by atoms with van der Waals surface area (Å²) in [6.45, 7) is 4.07. The number of aryl methyl sites for hydroxylation is 2. The summed E-state index contributed by atoms with van der Waals surface area (Å²) in [7, 11) is -1.24. The van der Waals surface area contributed by atoms with E-state index in [0.29, 0.717) is 0 Å². The first-order valence-corrected chi connectivity index (χ1v) is 5.68. The Morgan fingerprint density at radius 2 is 1.50 bits per heavy atom. The van der Waals surface area contributed by atoms with E-state index in [-0.39, 0.29) is 0 Å². The van der Waals surface area contributed by atoms with Crippen LogP contribution >= 0.6 is 19.0 Å². The van der Waals surface area contributed by atoms with Crippen molar-refractivity contribution in [2.45, 2.75) is 13.8 Å². The molecule has 0 aliphatic carbocycles. The third-order valence-corrected chi connectivity index (χ3v) is 2.99. The first-order valence-electron chi connectivity index (χ1n) is 3.60. The fourth-order valence-corrected chi connectivity index (χ4v) is 2.16. The second-order valence-electron chi connectivity index (χ2n) is 2.78. The van der Waals surface area contributed by atoms with E-state index in [2.05, 4.69) is 0 Å². The van der Waals surface area contributed by atoms with Gasteiger partial charge in [0.2, 0.25) is 0 Å². The predicted molar refractivity (Wildman–Crippen MR) is 49.9 cm³/mol. The molecule has 0 N–H and O–H groups in total. The summed E-state index contributed by atoms with van der Waals surface area (Å²) in [4.78, 5) is 0. The van der Waals surface area contributed by atoms with E-state index in [9.17, 15) is 0 Å². The van der Waals surface area contributed by atoms with Crippen molar-refractivity contribution >= 4 is 19.0 Å². The molecule has 1 heterocycles. The Labute approximate surface area is 77.2 Å². The summed E-state index contributed by atoms with van der Waals surface area (Å²) in [5, 5.41) is 0. The molecule has 0 spiro atoms. The average molecular weight is 203 g/mol. The van der Waals surface area contributed by atoms with Gasteiger partial charge in [0.05, 0.1) is 0 Å². The van der Waals surface area contributed by atoms with E-state index in [1.54, 1.807) is 0 Å². The fourth-order valence-electron chi connectivity index (χ4n) is 1.08. The summed E-state index contributed by atoms with van der Waals surface area (Å²) >= 11 is 5.70. The Bertz CT molecular complexity index is 296. The molecule has 1 aliphatic heterocycles. The third kappa shape index (κ3) is 1.26. The molecule has 0 aromatic heterocycles. The zero-order valence-corrected chi connectivity index (χ0v) is 8.45. The first-order chi connectivity index (χ1) is 5.66. The minimum atomic E-state index is -1.24. The van der Waals surface area contributed by atoms with Gasteiger partial charge in [-0.2, -0.15) is 0 Å². The minimum Gasteiger partial charge on any atom is -0.423 e. The van der Waals surface area contributed by atoms with Crippen LogP contribution in [-0.2, 0) is 0 Å². The third-order valence-electron chi connectivity index (χ3n) is 1.90. The van der Waals surface area contributed by atoms with Gasteiger partial charge in [0, 0.05) is 0 Å². The second-order valence-corrected chi connectivity index (χ2v) is 4.40. The topological polar surface area (TPSA) is 18.5 Å². The lowest BCUT2D eigenvalue weighted by Gasteiger charge is -2.00. The lowest BCUT2D eigenvalue weighted by atomic mass is 10.1. The van der Waals surface area contributed by atoms with Gasteiger partial charge in [-0.1, -0.05) is 0 Å². The highest BCUT2D eigenvalue weighted by Gasteiger charge is 2.24. The van der Waals surface area contributed by atoms with Crippen molar-refractivity contribution in [1.29, 1.82) is 0 Å². The molecule has 64 valence electrons. The van der Waals surface area contributed by atoms with Crippen LogP contribution in [0.2, 0.25) is 0 Å². The standard InChI is InChI=1S/C8H8ClO2P/c1-5-3-7-8(4-6(5)2)11-12(9)10-7/h3-4H,1-2H3. The molecular formula is C8H8ClO2P. The van der Waals surface area contributed by atoms with E-state index in [1.165, 1.54) is 11.1 Å². The average Bonchev–Trinajstić information content (AvgIpc) is 2.30. The number of hydrogen-bond acceptors (Lipinski definition) is 2. The van der Waals surface area contributed by atoms with Gasteiger partial charge in [-0.05, 0) is 48.3 Å². The highest BCUT2D eigenvalue weighted by Crippen LogP contribution is 2.55. The zero-order valence-electron chi connectivity index (χ0n) is 6.80. The van der Waals surface area contributed by atoms with E-state index in [1.807, 2.05) is 26.0 Å². The van der Waals surface area contributed by atoms with Crippen molar-refractivity contribution < 1.29 is 9.05 Å². The van der Waals surface area contributed by atoms with Crippen molar-refractivity contribution in [2.24, 2.45) is 0 Å². The lowest BCUT2D eigenvalue weighted by molar-refractivity contribution is 0.595. The molecule has 1 aromatic rings. The van der Waals surface area contributed by atoms with Crippen LogP contribution in [0.15, 0.2) is 12.1 Å². The largest absolute Gasteiger partial charge is 0.423 e. The van der Waals surface area contributed by atoms with Crippen LogP contribution in [-0.4, -0.2) is 0 Å². The molecule has 0 bridgehead atoms. The van der Waals surface area contributed by atoms with Crippen molar-refractivity contribution in [1.82, 2.24) is 0 Å². The lowest BCUT2D eigenvalue weighted by Crippen LogP contribution is -1.80. The fraction of sp³-hybridized carbons (Fsp3) is 0.250. The minimum absolute atomic E-state index is 0.763. The highest BCUT2D eigenvalue weighted by molar-refractivity contribution is 7.76. The Hall–Kier alpha value is -0.460. The zero-order chi connectivity index (χ0) is 8.72. The summed E-state index contributed by atoms with van der Waals surface area (Å²) < 4.78 is 10.5. The Morgan fingerprint density at radius 3 is 1.92 bits per heavy atom. The summed E-state index contributed by atoms with van der Waals surface area (Å²) in [6, 6.07) is 3.91. The SMILES string of the molecule is Cc1cc2c(cc1C)OP(Cl)O2. The van der Waals surface area contributed by atoms with Crippen LogP contribution in [0.25, 0.3) is 0 Å². The maximum atomic E-state index is 5.70. The van der Waals surface area contributed by atoms with Gasteiger partial charge < -0.3 is 9.05 Å².